The molecule has 1 aliphatic rings. The van der Waals surface area contributed by atoms with Crippen LogP contribution in [0.4, 0.5) is 5.82 Å². The molecule has 31 heavy (non-hydrogen) atoms. The summed E-state index contributed by atoms with van der Waals surface area (Å²) in [5, 5.41) is 3.05. The van der Waals surface area contributed by atoms with E-state index in [1.165, 1.54) is 16.9 Å². The van der Waals surface area contributed by atoms with Crippen molar-refractivity contribution in [3.63, 3.8) is 0 Å². The number of piperazine rings is 1. The van der Waals surface area contributed by atoms with Crippen LogP contribution in [0.25, 0.3) is 11.2 Å². The van der Waals surface area contributed by atoms with E-state index in [-0.39, 0.29) is 12.3 Å². The number of hydrogen-bond acceptors (Lipinski definition) is 8. The second-order valence-corrected chi connectivity index (χ2v) is 8.72. The standard InChI is InChI=1S/C21H20ClN7OS/c22-16-3-1-15(2-4-16)11-27-6-8-28(9-7-27)19-18-20(25-13-24-19)29(14-26-18)12-17(30)21-23-5-10-31-21/h1-5,10,13-14H,6-9,11-12H2. The molecular formula is C21H20ClN7OS. The molecule has 0 saturated carbocycles. The fourth-order valence-electron chi connectivity index (χ4n) is 3.76. The van der Waals surface area contributed by atoms with Crippen molar-refractivity contribution in [3.8, 4) is 0 Å². The normalized spacial score (nSPS) is 14.9. The number of rotatable bonds is 6. The van der Waals surface area contributed by atoms with Crippen LogP contribution in [0.1, 0.15) is 15.4 Å². The van der Waals surface area contributed by atoms with Crippen LogP contribution < -0.4 is 4.90 Å². The van der Waals surface area contributed by atoms with Gasteiger partial charge in [0.05, 0.1) is 12.9 Å². The Morgan fingerprint density at radius 1 is 1.03 bits per heavy atom. The van der Waals surface area contributed by atoms with E-state index in [1.807, 2.05) is 12.1 Å². The summed E-state index contributed by atoms with van der Waals surface area (Å²) in [4.78, 5) is 34.6. The molecule has 5 rings (SSSR count). The van der Waals surface area contributed by atoms with E-state index in [2.05, 4.69) is 41.9 Å². The van der Waals surface area contributed by atoms with E-state index in [1.54, 1.807) is 28.8 Å². The minimum Gasteiger partial charge on any atom is -0.352 e. The number of ketones is 1. The number of imidazole rings is 1. The maximum absolute atomic E-state index is 12.4. The van der Waals surface area contributed by atoms with Gasteiger partial charge in [-0.15, -0.1) is 11.3 Å². The summed E-state index contributed by atoms with van der Waals surface area (Å²) >= 11 is 7.32. The van der Waals surface area contributed by atoms with Crippen LogP contribution in [0.15, 0.2) is 48.5 Å². The Hall–Kier alpha value is -2.88. The lowest BCUT2D eigenvalue weighted by atomic mass is 10.2. The van der Waals surface area contributed by atoms with E-state index >= 15 is 0 Å². The summed E-state index contributed by atoms with van der Waals surface area (Å²) in [6.07, 6.45) is 4.84. The van der Waals surface area contributed by atoms with Crippen LogP contribution in [0.2, 0.25) is 5.02 Å². The third-order valence-electron chi connectivity index (χ3n) is 5.36. The Bertz CT molecular complexity index is 1180. The van der Waals surface area contributed by atoms with Crippen molar-refractivity contribution in [2.45, 2.75) is 13.1 Å². The zero-order chi connectivity index (χ0) is 21.2. The van der Waals surface area contributed by atoms with Gasteiger partial charge in [0, 0.05) is 49.3 Å². The van der Waals surface area contributed by atoms with Crippen molar-refractivity contribution in [2.24, 2.45) is 0 Å². The monoisotopic (exact) mass is 453 g/mol. The number of hydrogen-bond donors (Lipinski definition) is 0. The van der Waals surface area contributed by atoms with Gasteiger partial charge in [-0.2, -0.15) is 0 Å². The van der Waals surface area contributed by atoms with Crippen LogP contribution in [-0.4, -0.2) is 61.4 Å². The van der Waals surface area contributed by atoms with Crippen molar-refractivity contribution in [2.75, 3.05) is 31.1 Å². The minimum absolute atomic E-state index is 0.0507. The highest BCUT2D eigenvalue weighted by atomic mass is 35.5. The average Bonchev–Trinajstić information content (AvgIpc) is 3.47. The molecule has 1 fully saturated rings. The predicted octanol–water partition coefficient (Wildman–Crippen LogP) is 3.14. The van der Waals surface area contributed by atoms with Gasteiger partial charge >= 0.3 is 0 Å². The second kappa shape index (κ2) is 8.70. The molecule has 0 unspecified atom stereocenters. The zero-order valence-corrected chi connectivity index (χ0v) is 18.3. The fourth-order valence-corrected chi connectivity index (χ4v) is 4.46. The first-order valence-electron chi connectivity index (χ1n) is 9.97. The molecule has 0 atom stereocenters. The zero-order valence-electron chi connectivity index (χ0n) is 16.7. The van der Waals surface area contributed by atoms with Gasteiger partial charge in [0.15, 0.2) is 22.0 Å². The van der Waals surface area contributed by atoms with Crippen molar-refractivity contribution >= 4 is 45.7 Å². The maximum Gasteiger partial charge on any atom is 0.211 e. The quantitative estimate of drug-likeness (QED) is 0.415. The lowest BCUT2D eigenvalue weighted by Gasteiger charge is -2.35. The average molecular weight is 454 g/mol. The highest BCUT2D eigenvalue weighted by Gasteiger charge is 2.22. The first kappa shape index (κ1) is 20.0. The highest BCUT2D eigenvalue weighted by molar-refractivity contribution is 7.11. The van der Waals surface area contributed by atoms with Gasteiger partial charge in [-0.3, -0.25) is 9.69 Å². The first-order valence-corrected chi connectivity index (χ1v) is 11.2. The van der Waals surface area contributed by atoms with Crippen LogP contribution in [0.5, 0.6) is 0 Å². The van der Waals surface area contributed by atoms with Gasteiger partial charge in [0.2, 0.25) is 5.78 Å². The molecule has 1 aliphatic heterocycles. The van der Waals surface area contributed by atoms with Crippen LogP contribution in [0.3, 0.4) is 0 Å². The Labute approximate surface area is 188 Å². The molecule has 4 aromatic rings. The summed E-state index contributed by atoms with van der Waals surface area (Å²) in [5.74, 6) is 0.766. The first-order chi connectivity index (χ1) is 15.2. The molecule has 1 aromatic carbocycles. The maximum atomic E-state index is 12.4. The number of thiazole rings is 1. The molecule has 0 amide bonds. The summed E-state index contributed by atoms with van der Waals surface area (Å²) < 4.78 is 1.76. The lowest BCUT2D eigenvalue weighted by Crippen LogP contribution is -2.46. The largest absolute Gasteiger partial charge is 0.352 e. The Kier molecular flexibility index (Phi) is 5.63. The Morgan fingerprint density at radius 2 is 1.84 bits per heavy atom. The number of carbonyl (C=O) groups is 1. The van der Waals surface area contributed by atoms with Gasteiger partial charge in [0.25, 0.3) is 0 Å². The smallest absolute Gasteiger partial charge is 0.211 e. The highest BCUT2D eigenvalue weighted by Crippen LogP contribution is 2.23. The topological polar surface area (TPSA) is 80.0 Å². The molecule has 1 saturated heterocycles. The van der Waals surface area contributed by atoms with Gasteiger partial charge in [-0.05, 0) is 17.7 Å². The SMILES string of the molecule is O=C(Cn1cnc2c(N3CCN(Cc4ccc(Cl)cc4)CC3)ncnc21)c1nccs1. The number of anilines is 1. The molecule has 8 nitrogen and oxygen atoms in total. The minimum atomic E-state index is -0.0507. The number of fused-ring (bicyclic) bond motifs is 1. The molecule has 4 heterocycles. The van der Waals surface area contributed by atoms with Crippen LogP contribution >= 0.6 is 22.9 Å². The van der Waals surface area contributed by atoms with E-state index in [4.69, 9.17) is 11.6 Å². The molecule has 0 N–H and O–H groups in total. The number of benzene rings is 1. The lowest BCUT2D eigenvalue weighted by molar-refractivity contribution is 0.0973. The number of aromatic nitrogens is 5. The molecule has 10 heteroatoms. The van der Waals surface area contributed by atoms with Gasteiger partial charge in [-0.25, -0.2) is 19.9 Å². The Morgan fingerprint density at radius 3 is 2.58 bits per heavy atom. The number of Topliss-reactive ketones (excluding diaryl/α,β-unsaturated/α-hetero) is 1. The Balaban J connectivity index is 1.28. The van der Waals surface area contributed by atoms with Crippen LogP contribution in [-0.2, 0) is 13.1 Å². The van der Waals surface area contributed by atoms with E-state index in [0.717, 1.165) is 49.1 Å². The number of nitrogens with zero attached hydrogens (tertiary/aromatic N) is 7. The molecular weight excluding hydrogens is 434 g/mol. The van der Waals surface area contributed by atoms with Crippen molar-refractivity contribution in [1.82, 2.24) is 29.4 Å². The van der Waals surface area contributed by atoms with E-state index in [0.29, 0.717) is 10.7 Å². The van der Waals surface area contributed by atoms with Crippen LogP contribution in [0, 0.1) is 0 Å². The number of halogens is 1. The van der Waals surface area contributed by atoms with Crippen molar-refractivity contribution in [1.29, 1.82) is 0 Å². The molecule has 0 aliphatic carbocycles. The number of carbonyl (C=O) groups excluding carboxylic acids is 1. The third kappa shape index (κ3) is 4.30. The van der Waals surface area contributed by atoms with Gasteiger partial charge in [-0.1, -0.05) is 23.7 Å². The molecule has 3 aromatic heterocycles. The van der Waals surface area contributed by atoms with E-state index in [9.17, 15) is 4.79 Å². The molecule has 0 spiro atoms. The summed E-state index contributed by atoms with van der Waals surface area (Å²) in [6.45, 7) is 4.62. The summed E-state index contributed by atoms with van der Waals surface area (Å²) in [6, 6.07) is 8.01. The third-order valence-corrected chi connectivity index (χ3v) is 6.42. The van der Waals surface area contributed by atoms with Gasteiger partial charge in [0.1, 0.15) is 6.33 Å². The fraction of sp³-hybridized carbons (Fsp3) is 0.286. The van der Waals surface area contributed by atoms with Gasteiger partial charge < -0.3 is 9.47 Å². The molecule has 0 bridgehead atoms. The summed E-state index contributed by atoms with van der Waals surface area (Å²) in [5.41, 5.74) is 2.64. The molecule has 0 radical (unpaired) electrons. The van der Waals surface area contributed by atoms with Crippen molar-refractivity contribution < 1.29 is 4.79 Å². The van der Waals surface area contributed by atoms with E-state index < -0.39 is 0 Å². The second-order valence-electron chi connectivity index (χ2n) is 7.39. The molecule has 158 valence electrons. The predicted molar refractivity (Wildman–Crippen MR) is 121 cm³/mol. The van der Waals surface area contributed by atoms with Crippen molar-refractivity contribution in [3.05, 3.63) is 64.1 Å². The summed E-state index contributed by atoms with van der Waals surface area (Å²) in [7, 11) is 0.